The van der Waals surface area contributed by atoms with Gasteiger partial charge in [-0.15, -0.1) is 0 Å². The molecule has 0 bridgehead atoms. The number of anilines is 1. The lowest BCUT2D eigenvalue weighted by molar-refractivity contribution is -0.120. The summed E-state index contributed by atoms with van der Waals surface area (Å²) in [5.74, 6) is 0.0206. The minimum atomic E-state index is -0.434. The summed E-state index contributed by atoms with van der Waals surface area (Å²) in [6, 6.07) is 7.75. The zero-order valence-electron chi connectivity index (χ0n) is 13.1. The molecule has 0 saturated carbocycles. The molecule has 1 saturated heterocycles. The first-order valence-corrected chi connectivity index (χ1v) is 7.37. The maximum atomic E-state index is 11.9. The lowest BCUT2D eigenvalue weighted by Crippen LogP contribution is -2.35. The van der Waals surface area contributed by atoms with E-state index in [1.807, 2.05) is 24.3 Å². The van der Waals surface area contributed by atoms with Crippen LogP contribution in [0.2, 0.25) is 0 Å². The average Bonchev–Trinajstić information content (AvgIpc) is 2.92. The zero-order chi connectivity index (χ0) is 16.8. The summed E-state index contributed by atoms with van der Waals surface area (Å²) in [6.07, 6.45) is -0.862. The van der Waals surface area contributed by atoms with E-state index in [1.165, 1.54) is 10.5 Å². The van der Waals surface area contributed by atoms with E-state index in [0.717, 1.165) is 5.69 Å². The Kier molecular flexibility index (Phi) is 5.43. The number of amides is 2. The van der Waals surface area contributed by atoms with Crippen molar-refractivity contribution in [2.24, 2.45) is 5.11 Å². The summed E-state index contributed by atoms with van der Waals surface area (Å²) in [6.45, 7) is 4.49. The number of nitrogens with one attached hydrogen (secondary N) is 1. The normalized spacial score (nSPS) is 16.9. The number of benzene rings is 1. The molecule has 0 spiro atoms. The molecule has 2 amide bonds. The smallest absolute Gasteiger partial charge is 0.414 e. The molecular formula is C15H19N5O3. The molecule has 8 heteroatoms. The average molecular weight is 317 g/mol. The lowest BCUT2D eigenvalue weighted by atomic mass is 10.0. The van der Waals surface area contributed by atoms with Crippen molar-refractivity contribution < 1.29 is 14.3 Å². The molecule has 1 atom stereocenters. The largest absolute Gasteiger partial charge is 0.442 e. The summed E-state index contributed by atoms with van der Waals surface area (Å²) in [4.78, 5) is 27.4. The summed E-state index contributed by atoms with van der Waals surface area (Å²) < 4.78 is 5.23. The SMILES string of the molecule is CC(C)c1ccc(N2CC(CNC(=O)CN=[N+]=[N-])OC2=O)cc1. The van der Waals surface area contributed by atoms with E-state index in [2.05, 4.69) is 29.2 Å². The van der Waals surface area contributed by atoms with Gasteiger partial charge in [0.05, 0.1) is 13.1 Å². The van der Waals surface area contributed by atoms with Crippen LogP contribution in [0.5, 0.6) is 0 Å². The number of hydrogen-bond donors (Lipinski definition) is 1. The highest BCUT2D eigenvalue weighted by Crippen LogP contribution is 2.24. The van der Waals surface area contributed by atoms with Crippen molar-refractivity contribution in [3.05, 3.63) is 40.3 Å². The summed E-state index contributed by atoms with van der Waals surface area (Å²) in [7, 11) is 0. The van der Waals surface area contributed by atoms with E-state index in [-0.39, 0.29) is 13.1 Å². The van der Waals surface area contributed by atoms with E-state index in [4.69, 9.17) is 10.3 Å². The van der Waals surface area contributed by atoms with Gasteiger partial charge in [-0.25, -0.2) is 4.79 Å². The highest BCUT2D eigenvalue weighted by atomic mass is 16.6. The fourth-order valence-electron chi connectivity index (χ4n) is 2.26. The number of ether oxygens (including phenoxy) is 1. The summed E-state index contributed by atoms with van der Waals surface area (Å²) in [5.41, 5.74) is 10.1. The van der Waals surface area contributed by atoms with Gasteiger partial charge in [-0.1, -0.05) is 31.1 Å². The van der Waals surface area contributed by atoms with Gasteiger partial charge in [-0.3, -0.25) is 9.69 Å². The molecular weight excluding hydrogens is 298 g/mol. The second-order valence-corrected chi connectivity index (χ2v) is 5.56. The minimum absolute atomic E-state index is 0.187. The van der Waals surface area contributed by atoms with Crippen molar-refractivity contribution in [2.45, 2.75) is 25.9 Å². The third-order valence-electron chi connectivity index (χ3n) is 3.55. The van der Waals surface area contributed by atoms with Crippen molar-refractivity contribution in [3.8, 4) is 0 Å². The Bertz CT molecular complexity index is 623. The van der Waals surface area contributed by atoms with Crippen molar-refractivity contribution in [3.63, 3.8) is 0 Å². The van der Waals surface area contributed by atoms with Crippen molar-refractivity contribution >= 4 is 17.7 Å². The van der Waals surface area contributed by atoms with Gasteiger partial charge in [0.2, 0.25) is 5.91 Å². The summed E-state index contributed by atoms with van der Waals surface area (Å²) in [5, 5.41) is 5.74. The van der Waals surface area contributed by atoms with Gasteiger partial charge in [-0.05, 0) is 29.1 Å². The number of rotatable bonds is 6. The van der Waals surface area contributed by atoms with E-state index in [1.54, 1.807) is 0 Å². The minimum Gasteiger partial charge on any atom is -0.442 e. The van der Waals surface area contributed by atoms with Gasteiger partial charge in [0.1, 0.15) is 12.6 Å². The fourth-order valence-corrected chi connectivity index (χ4v) is 2.26. The van der Waals surface area contributed by atoms with Crippen molar-refractivity contribution in [1.82, 2.24) is 5.32 Å². The Morgan fingerprint density at radius 1 is 1.48 bits per heavy atom. The number of cyclic esters (lactones) is 1. The predicted octanol–water partition coefficient (Wildman–Crippen LogP) is 2.56. The fraction of sp³-hybridized carbons (Fsp3) is 0.467. The molecule has 122 valence electrons. The van der Waals surface area contributed by atoms with E-state index >= 15 is 0 Å². The molecule has 1 aliphatic heterocycles. The third kappa shape index (κ3) is 4.37. The maximum Gasteiger partial charge on any atom is 0.414 e. The van der Waals surface area contributed by atoms with Crippen LogP contribution < -0.4 is 10.2 Å². The molecule has 8 nitrogen and oxygen atoms in total. The molecule has 1 heterocycles. The molecule has 0 aliphatic carbocycles. The van der Waals surface area contributed by atoms with E-state index in [9.17, 15) is 9.59 Å². The van der Waals surface area contributed by atoms with E-state index < -0.39 is 18.1 Å². The highest BCUT2D eigenvalue weighted by molar-refractivity contribution is 5.89. The molecule has 0 radical (unpaired) electrons. The van der Waals surface area contributed by atoms with Gasteiger partial charge in [0, 0.05) is 10.6 Å². The molecule has 0 aromatic heterocycles. The molecule has 1 aromatic carbocycles. The molecule has 1 unspecified atom stereocenters. The molecule has 23 heavy (non-hydrogen) atoms. The highest BCUT2D eigenvalue weighted by Gasteiger charge is 2.32. The quantitative estimate of drug-likeness (QED) is 0.495. The number of azide groups is 1. The predicted molar refractivity (Wildman–Crippen MR) is 85.2 cm³/mol. The first-order chi connectivity index (χ1) is 11.0. The van der Waals surface area contributed by atoms with Crippen LogP contribution in [0.1, 0.15) is 25.3 Å². The van der Waals surface area contributed by atoms with Crippen LogP contribution >= 0.6 is 0 Å². The van der Waals surface area contributed by atoms with Crippen LogP contribution in [0, 0.1) is 0 Å². The van der Waals surface area contributed by atoms with Crippen LogP contribution in [0.3, 0.4) is 0 Å². The van der Waals surface area contributed by atoms with Gasteiger partial charge in [0.15, 0.2) is 0 Å². The first kappa shape index (κ1) is 16.6. The molecule has 2 rings (SSSR count). The topological polar surface area (TPSA) is 107 Å². The number of carbonyl (C=O) groups excluding carboxylic acids is 2. The van der Waals surface area contributed by atoms with Crippen molar-refractivity contribution in [1.29, 1.82) is 0 Å². The third-order valence-corrected chi connectivity index (χ3v) is 3.55. The zero-order valence-corrected chi connectivity index (χ0v) is 13.1. The van der Waals surface area contributed by atoms with Gasteiger partial charge in [0.25, 0.3) is 0 Å². The first-order valence-electron chi connectivity index (χ1n) is 7.37. The Balaban J connectivity index is 1.91. The maximum absolute atomic E-state index is 11.9. The summed E-state index contributed by atoms with van der Waals surface area (Å²) >= 11 is 0. The van der Waals surface area contributed by atoms with Crippen LogP contribution in [0.25, 0.3) is 10.4 Å². The number of nitrogens with zero attached hydrogens (tertiary/aromatic N) is 4. The molecule has 1 aromatic rings. The molecule has 1 N–H and O–H groups in total. The van der Waals surface area contributed by atoms with Crippen LogP contribution in [0.4, 0.5) is 10.5 Å². The van der Waals surface area contributed by atoms with Gasteiger partial charge >= 0.3 is 6.09 Å². The number of carbonyl (C=O) groups is 2. The van der Waals surface area contributed by atoms with Crippen molar-refractivity contribution in [2.75, 3.05) is 24.5 Å². The second kappa shape index (κ2) is 7.51. The van der Waals surface area contributed by atoms with Crippen LogP contribution in [-0.2, 0) is 9.53 Å². The lowest BCUT2D eigenvalue weighted by Gasteiger charge is -2.14. The Morgan fingerprint density at radius 3 is 2.78 bits per heavy atom. The monoisotopic (exact) mass is 317 g/mol. The standard InChI is InChI=1S/C15H19N5O3/c1-10(2)11-3-5-12(6-4-11)20-9-13(23-15(20)22)7-17-14(21)8-18-19-16/h3-6,10,13H,7-9H2,1-2H3,(H,17,21). The second-order valence-electron chi connectivity index (χ2n) is 5.56. The van der Waals surface area contributed by atoms with Crippen LogP contribution in [-0.4, -0.2) is 37.7 Å². The number of hydrogen-bond acceptors (Lipinski definition) is 4. The molecule has 1 aliphatic rings. The van der Waals surface area contributed by atoms with Gasteiger partial charge < -0.3 is 10.1 Å². The Hall–Kier alpha value is -2.73. The Labute approximate surface area is 134 Å². The Morgan fingerprint density at radius 2 is 2.17 bits per heavy atom. The van der Waals surface area contributed by atoms with Crippen LogP contribution in [0.15, 0.2) is 29.4 Å². The molecule has 1 fully saturated rings. The van der Waals surface area contributed by atoms with Gasteiger partial charge in [-0.2, -0.15) is 0 Å². The van der Waals surface area contributed by atoms with E-state index in [0.29, 0.717) is 12.5 Å².